The number of imide groups is 1. The lowest BCUT2D eigenvalue weighted by Crippen LogP contribution is -2.48. The quantitative estimate of drug-likeness (QED) is 0.598. The van der Waals surface area contributed by atoms with Gasteiger partial charge in [0.15, 0.2) is 5.78 Å². The molecule has 0 fully saturated rings. The Hall–Kier alpha value is -3.28. The molecule has 1 heterocycles. The minimum Gasteiger partial charge on any atom is -0.324 e. The highest BCUT2D eigenvalue weighted by Crippen LogP contribution is 2.28. The standard InChI is InChI=1S/C23H24N2O4/c1-13(2)11-20(25-22(28)17-7-5-6-8-18(17)23(25)29)21(27)24-19-12-16(15(4)26)10-9-14(19)3/h5-10,12-13,20H,11H2,1-4H3,(H,24,27). The third-order valence-electron chi connectivity index (χ3n) is 5.04. The Morgan fingerprint density at radius 1 is 1.00 bits per heavy atom. The minimum absolute atomic E-state index is 0.0831. The average Bonchev–Trinajstić information content (AvgIpc) is 2.92. The molecule has 3 amide bonds. The molecule has 2 aromatic rings. The van der Waals surface area contributed by atoms with E-state index in [1.165, 1.54) is 6.92 Å². The van der Waals surface area contributed by atoms with Crippen LogP contribution in [0.4, 0.5) is 5.69 Å². The number of ketones is 1. The summed E-state index contributed by atoms with van der Waals surface area (Å²) in [6, 6.07) is 10.7. The molecule has 1 N–H and O–H groups in total. The number of aryl methyl sites for hydroxylation is 1. The first-order valence-electron chi connectivity index (χ1n) is 9.60. The molecular formula is C23H24N2O4. The van der Waals surface area contributed by atoms with Crippen molar-refractivity contribution in [1.82, 2.24) is 4.90 Å². The number of anilines is 1. The van der Waals surface area contributed by atoms with Gasteiger partial charge in [-0.05, 0) is 49.9 Å². The van der Waals surface area contributed by atoms with E-state index in [-0.39, 0.29) is 11.7 Å². The first-order chi connectivity index (χ1) is 13.7. The van der Waals surface area contributed by atoms with E-state index in [2.05, 4.69) is 5.32 Å². The summed E-state index contributed by atoms with van der Waals surface area (Å²) in [7, 11) is 0. The number of carbonyl (C=O) groups is 4. The number of nitrogens with zero attached hydrogens (tertiary/aromatic N) is 1. The van der Waals surface area contributed by atoms with Crippen molar-refractivity contribution in [1.29, 1.82) is 0 Å². The molecule has 150 valence electrons. The van der Waals surface area contributed by atoms with E-state index in [0.717, 1.165) is 10.5 Å². The molecule has 1 atom stereocenters. The lowest BCUT2D eigenvalue weighted by molar-refractivity contribution is -0.120. The van der Waals surface area contributed by atoms with Crippen molar-refractivity contribution >= 4 is 29.2 Å². The van der Waals surface area contributed by atoms with Crippen molar-refractivity contribution in [3.05, 3.63) is 64.7 Å². The maximum Gasteiger partial charge on any atom is 0.262 e. The van der Waals surface area contributed by atoms with Crippen molar-refractivity contribution in [3.8, 4) is 0 Å². The van der Waals surface area contributed by atoms with Crippen LogP contribution >= 0.6 is 0 Å². The fourth-order valence-electron chi connectivity index (χ4n) is 3.46. The van der Waals surface area contributed by atoms with E-state index in [9.17, 15) is 19.2 Å². The average molecular weight is 392 g/mol. The van der Waals surface area contributed by atoms with Crippen molar-refractivity contribution in [2.75, 3.05) is 5.32 Å². The van der Waals surface area contributed by atoms with E-state index in [4.69, 9.17) is 0 Å². The Morgan fingerprint density at radius 2 is 1.59 bits per heavy atom. The normalized spacial score (nSPS) is 14.2. The molecule has 29 heavy (non-hydrogen) atoms. The highest BCUT2D eigenvalue weighted by molar-refractivity contribution is 6.23. The monoisotopic (exact) mass is 392 g/mol. The van der Waals surface area contributed by atoms with Crippen molar-refractivity contribution in [2.24, 2.45) is 5.92 Å². The lowest BCUT2D eigenvalue weighted by Gasteiger charge is -2.27. The Balaban J connectivity index is 1.93. The highest BCUT2D eigenvalue weighted by atomic mass is 16.2. The molecule has 1 unspecified atom stereocenters. The van der Waals surface area contributed by atoms with Gasteiger partial charge in [0.1, 0.15) is 6.04 Å². The predicted molar refractivity (Wildman–Crippen MR) is 110 cm³/mol. The summed E-state index contributed by atoms with van der Waals surface area (Å²) in [6.45, 7) is 7.13. The third-order valence-corrected chi connectivity index (χ3v) is 5.04. The first kappa shape index (κ1) is 20.5. The van der Waals surface area contributed by atoms with Crippen LogP contribution in [0.2, 0.25) is 0 Å². The molecule has 2 aromatic carbocycles. The molecule has 0 saturated heterocycles. The number of benzene rings is 2. The molecule has 1 aliphatic rings. The second-order valence-electron chi connectivity index (χ2n) is 7.75. The molecule has 3 rings (SSSR count). The number of nitrogens with one attached hydrogen (secondary N) is 1. The van der Waals surface area contributed by atoms with Crippen LogP contribution in [-0.2, 0) is 4.79 Å². The van der Waals surface area contributed by atoms with Gasteiger partial charge in [-0.1, -0.05) is 38.1 Å². The van der Waals surface area contributed by atoms with Crippen molar-refractivity contribution in [2.45, 2.75) is 40.2 Å². The molecule has 0 bridgehead atoms. The fourth-order valence-corrected chi connectivity index (χ4v) is 3.46. The van der Waals surface area contributed by atoms with Gasteiger partial charge in [0.2, 0.25) is 5.91 Å². The van der Waals surface area contributed by atoms with Crippen LogP contribution in [0.3, 0.4) is 0 Å². The van der Waals surface area contributed by atoms with Crippen LogP contribution in [-0.4, -0.2) is 34.4 Å². The Morgan fingerprint density at radius 3 is 2.10 bits per heavy atom. The van der Waals surface area contributed by atoms with Crippen LogP contribution < -0.4 is 5.32 Å². The van der Waals surface area contributed by atoms with Crippen LogP contribution in [0.15, 0.2) is 42.5 Å². The number of rotatable bonds is 6. The van der Waals surface area contributed by atoms with Gasteiger partial charge in [0.25, 0.3) is 11.8 Å². The Kier molecular flexibility index (Phi) is 5.64. The number of hydrogen-bond donors (Lipinski definition) is 1. The molecule has 0 radical (unpaired) electrons. The van der Waals surface area contributed by atoms with Gasteiger partial charge in [0.05, 0.1) is 11.1 Å². The summed E-state index contributed by atoms with van der Waals surface area (Å²) in [5.41, 5.74) is 2.39. The van der Waals surface area contributed by atoms with Crippen molar-refractivity contribution in [3.63, 3.8) is 0 Å². The van der Waals surface area contributed by atoms with E-state index in [1.54, 1.807) is 42.5 Å². The van der Waals surface area contributed by atoms with E-state index < -0.39 is 23.8 Å². The van der Waals surface area contributed by atoms with Crippen LogP contribution in [0.5, 0.6) is 0 Å². The second kappa shape index (κ2) is 7.99. The summed E-state index contributed by atoms with van der Waals surface area (Å²) in [5.74, 6) is -1.39. The van der Waals surface area contributed by atoms with Crippen LogP contribution in [0.1, 0.15) is 63.8 Å². The number of fused-ring (bicyclic) bond motifs is 1. The highest BCUT2D eigenvalue weighted by Gasteiger charge is 2.42. The zero-order valence-corrected chi connectivity index (χ0v) is 17.0. The molecule has 6 nitrogen and oxygen atoms in total. The molecular weight excluding hydrogens is 368 g/mol. The molecule has 6 heteroatoms. The summed E-state index contributed by atoms with van der Waals surface area (Å²) in [5, 5.41) is 2.82. The van der Waals surface area contributed by atoms with Gasteiger partial charge < -0.3 is 5.32 Å². The van der Waals surface area contributed by atoms with E-state index in [0.29, 0.717) is 28.8 Å². The maximum absolute atomic E-state index is 13.2. The SMILES string of the molecule is CC(=O)c1ccc(C)c(NC(=O)C(CC(C)C)N2C(=O)c3ccccc3C2=O)c1. The second-order valence-corrected chi connectivity index (χ2v) is 7.75. The zero-order chi connectivity index (χ0) is 21.3. The molecule has 1 aliphatic heterocycles. The van der Waals surface area contributed by atoms with Gasteiger partial charge in [0, 0.05) is 11.3 Å². The van der Waals surface area contributed by atoms with Crippen molar-refractivity contribution < 1.29 is 19.2 Å². The molecule has 0 aromatic heterocycles. The number of carbonyl (C=O) groups excluding carboxylic acids is 4. The molecule has 0 saturated carbocycles. The summed E-state index contributed by atoms with van der Waals surface area (Å²) < 4.78 is 0. The zero-order valence-electron chi connectivity index (χ0n) is 17.0. The summed E-state index contributed by atoms with van der Waals surface area (Å²) >= 11 is 0. The number of Topliss-reactive ketones (excluding diaryl/α,β-unsaturated/α-hetero) is 1. The van der Waals surface area contributed by atoms with Gasteiger partial charge in [-0.2, -0.15) is 0 Å². The molecule has 0 aliphatic carbocycles. The topological polar surface area (TPSA) is 83.6 Å². The van der Waals surface area contributed by atoms with Gasteiger partial charge in [-0.15, -0.1) is 0 Å². The summed E-state index contributed by atoms with van der Waals surface area (Å²) in [6.07, 6.45) is 0.336. The molecule has 0 spiro atoms. The minimum atomic E-state index is -0.942. The first-order valence-corrected chi connectivity index (χ1v) is 9.60. The lowest BCUT2D eigenvalue weighted by atomic mass is 10.0. The maximum atomic E-state index is 13.2. The van der Waals surface area contributed by atoms with Gasteiger partial charge in [-0.25, -0.2) is 0 Å². The Labute approximate surface area is 169 Å². The van der Waals surface area contributed by atoms with E-state index in [1.807, 2.05) is 20.8 Å². The third kappa shape index (κ3) is 3.97. The smallest absolute Gasteiger partial charge is 0.262 e. The fraction of sp³-hybridized carbons (Fsp3) is 0.304. The van der Waals surface area contributed by atoms with E-state index >= 15 is 0 Å². The predicted octanol–water partition coefficient (Wildman–Crippen LogP) is 3.85. The van der Waals surface area contributed by atoms with Crippen LogP contribution in [0, 0.1) is 12.8 Å². The number of hydrogen-bond acceptors (Lipinski definition) is 4. The number of amides is 3. The van der Waals surface area contributed by atoms with Gasteiger partial charge in [-0.3, -0.25) is 24.1 Å². The van der Waals surface area contributed by atoms with Crippen LogP contribution in [0.25, 0.3) is 0 Å². The van der Waals surface area contributed by atoms with Gasteiger partial charge >= 0.3 is 0 Å². The summed E-state index contributed by atoms with van der Waals surface area (Å²) in [4.78, 5) is 51.7. The Bertz CT molecular complexity index is 975. The largest absolute Gasteiger partial charge is 0.324 e.